The van der Waals surface area contributed by atoms with E-state index in [-0.39, 0.29) is 6.04 Å². The summed E-state index contributed by atoms with van der Waals surface area (Å²) in [5.74, 6) is 0. The smallest absolute Gasteiger partial charge is 0.0708 e. The van der Waals surface area contributed by atoms with Crippen molar-refractivity contribution in [2.24, 2.45) is 5.73 Å². The van der Waals surface area contributed by atoms with Crippen molar-refractivity contribution in [1.82, 2.24) is 4.98 Å². The lowest BCUT2D eigenvalue weighted by Crippen LogP contribution is -2.15. The molecule has 3 rings (SSSR count). The van der Waals surface area contributed by atoms with E-state index in [1.165, 1.54) is 20.1 Å². The summed E-state index contributed by atoms with van der Waals surface area (Å²) >= 11 is 2.31. The highest BCUT2D eigenvalue weighted by Crippen LogP contribution is 2.22. The molecule has 1 heterocycles. The van der Waals surface area contributed by atoms with Gasteiger partial charge in [-0.25, -0.2) is 0 Å². The van der Waals surface area contributed by atoms with Crippen LogP contribution in [0, 0.1) is 10.5 Å². The van der Waals surface area contributed by atoms with Crippen molar-refractivity contribution < 1.29 is 0 Å². The van der Waals surface area contributed by atoms with E-state index in [1.54, 1.807) is 0 Å². The molecule has 0 spiro atoms. The van der Waals surface area contributed by atoms with Crippen molar-refractivity contribution in [2.75, 3.05) is 0 Å². The number of benzene rings is 2. The van der Waals surface area contributed by atoms with Crippen LogP contribution in [0.2, 0.25) is 0 Å². The molecular formula is C18H17IN2. The minimum absolute atomic E-state index is 0.0756. The Balaban J connectivity index is 1.90. The van der Waals surface area contributed by atoms with Crippen LogP contribution >= 0.6 is 22.6 Å². The molecule has 0 saturated carbocycles. The van der Waals surface area contributed by atoms with Gasteiger partial charge in [-0.2, -0.15) is 0 Å². The van der Waals surface area contributed by atoms with Gasteiger partial charge in [-0.05, 0) is 71.3 Å². The van der Waals surface area contributed by atoms with Crippen LogP contribution in [-0.2, 0) is 6.42 Å². The highest BCUT2D eigenvalue weighted by atomic mass is 127. The normalized spacial score (nSPS) is 12.5. The molecule has 0 aliphatic heterocycles. The molecule has 3 aromatic rings. The Kier molecular flexibility index (Phi) is 4.22. The third-order valence-electron chi connectivity index (χ3n) is 3.69. The molecule has 0 aliphatic rings. The van der Waals surface area contributed by atoms with Gasteiger partial charge in [-0.3, -0.25) is 4.98 Å². The number of fused-ring (bicyclic) bond motifs is 1. The molecule has 0 unspecified atom stereocenters. The lowest BCUT2D eigenvalue weighted by Gasteiger charge is -2.13. The molecule has 1 atom stereocenters. The van der Waals surface area contributed by atoms with Crippen molar-refractivity contribution in [2.45, 2.75) is 19.4 Å². The third kappa shape index (κ3) is 3.24. The van der Waals surface area contributed by atoms with Crippen LogP contribution in [-0.4, -0.2) is 4.98 Å². The van der Waals surface area contributed by atoms with E-state index in [4.69, 9.17) is 10.7 Å². The highest BCUT2D eigenvalue weighted by Gasteiger charge is 2.11. The maximum atomic E-state index is 6.36. The fraction of sp³-hybridized carbons (Fsp3) is 0.167. The van der Waals surface area contributed by atoms with E-state index in [0.717, 1.165) is 17.6 Å². The first-order valence-corrected chi connectivity index (χ1v) is 8.07. The molecule has 0 amide bonds. The fourth-order valence-corrected chi connectivity index (χ4v) is 2.90. The highest BCUT2D eigenvalue weighted by molar-refractivity contribution is 14.1. The van der Waals surface area contributed by atoms with Gasteiger partial charge in [-0.1, -0.05) is 30.3 Å². The van der Waals surface area contributed by atoms with Gasteiger partial charge in [0.1, 0.15) is 0 Å². The first kappa shape index (κ1) is 14.5. The molecule has 106 valence electrons. The average molecular weight is 388 g/mol. The minimum Gasteiger partial charge on any atom is -0.322 e. The topological polar surface area (TPSA) is 38.9 Å². The number of aryl methyl sites for hydroxylation is 1. The van der Waals surface area contributed by atoms with Crippen molar-refractivity contribution in [3.8, 4) is 0 Å². The van der Waals surface area contributed by atoms with Crippen LogP contribution in [0.15, 0.2) is 54.6 Å². The summed E-state index contributed by atoms with van der Waals surface area (Å²) in [7, 11) is 0. The Morgan fingerprint density at radius 1 is 1.10 bits per heavy atom. The molecule has 2 nitrogen and oxygen atoms in total. The maximum absolute atomic E-state index is 6.36. The summed E-state index contributed by atoms with van der Waals surface area (Å²) in [6.45, 7) is 2.12. The van der Waals surface area contributed by atoms with Gasteiger partial charge in [-0.15, -0.1) is 0 Å². The van der Waals surface area contributed by atoms with E-state index in [9.17, 15) is 0 Å². The summed E-state index contributed by atoms with van der Waals surface area (Å²) in [6, 6.07) is 18.7. The molecule has 0 bridgehead atoms. The molecule has 1 aromatic heterocycles. The number of aromatic nitrogens is 1. The second-order valence-electron chi connectivity index (χ2n) is 5.32. The summed E-state index contributed by atoms with van der Waals surface area (Å²) in [4.78, 5) is 4.72. The number of para-hydroxylation sites is 1. The zero-order valence-corrected chi connectivity index (χ0v) is 14.0. The molecule has 21 heavy (non-hydrogen) atoms. The monoisotopic (exact) mass is 388 g/mol. The first-order chi connectivity index (χ1) is 10.1. The van der Waals surface area contributed by atoms with Gasteiger partial charge in [0.25, 0.3) is 0 Å². The van der Waals surface area contributed by atoms with Crippen molar-refractivity contribution >= 4 is 33.5 Å². The predicted octanol–water partition coefficient (Wildman–Crippen LogP) is 4.39. The van der Waals surface area contributed by atoms with Crippen LogP contribution in [0.1, 0.15) is 22.9 Å². The van der Waals surface area contributed by atoms with E-state index >= 15 is 0 Å². The van der Waals surface area contributed by atoms with Gasteiger partial charge in [0.2, 0.25) is 0 Å². The lowest BCUT2D eigenvalue weighted by molar-refractivity contribution is 0.699. The molecule has 2 N–H and O–H groups in total. The number of nitrogens with zero attached hydrogens (tertiary/aromatic N) is 1. The number of hydrogen-bond donors (Lipinski definition) is 1. The number of rotatable bonds is 3. The van der Waals surface area contributed by atoms with Gasteiger partial charge in [0, 0.05) is 8.96 Å². The molecule has 0 radical (unpaired) electrons. The Bertz CT molecular complexity index is 766. The van der Waals surface area contributed by atoms with Crippen LogP contribution in [0.25, 0.3) is 10.9 Å². The molecule has 3 heteroatoms. The Morgan fingerprint density at radius 3 is 2.57 bits per heavy atom. The van der Waals surface area contributed by atoms with Gasteiger partial charge in [0.05, 0.1) is 17.3 Å². The van der Waals surface area contributed by atoms with Crippen LogP contribution in [0.3, 0.4) is 0 Å². The minimum atomic E-state index is -0.0756. The quantitative estimate of drug-likeness (QED) is 0.676. The number of pyridine rings is 1. The van der Waals surface area contributed by atoms with Crippen LogP contribution < -0.4 is 5.73 Å². The summed E-state index contributed by atoms with van der Waals surface area (Å²) in [6.07, 6.45) is 0.807. The van der Waals surface area contributed by atoms with Gasteiger partial charge >= 0.3 is 0 Å². The molecule has 0 saturated heterocycles. The number of nitrogens with two attached hydrogens (primary N) is 1. The first-order valence-electron chi connectivity index (χ1n) is 7.00. The average Bonchev–Trinajstić information content (AvgIpc) is 2.49. The fourth-order valence-electron chi connectivity index (χ4n) is 2.54. The van der Waals surface area contributed by atoms with Crippen LogP contribution in [0.4, 0.5) is 0 Å². The van der Waals surface area contributed by atoms with Gasteiger partial charge in [0.15, 0.2) is 0 Å². The predicted molar refractivity (Wildman–Crippen MR) is 96.3 cm³/mol. The van der Waals surface area contributed by atoms with E-state index in [1.807, 2.05) is 18.2 Å². The van der Waals surface area contributed by atoms with Crippen molar-refractivity contribution in [3.05, 3.63) is 75.0 Å². The Morgan fingerprint density at radius 2 is 1.81 bits per heavy atom. The molecule has 0 aliphatic carbocycles. The number of halogens is 1. The summed E-state index contributed by atoms with van der Waals surface area (Å²) in [5.41, 5.74) is 10.8. The standard InChI is InChI=1S/C18H17IN2/c1-12-10-18(21-17-5-3-2-4-15(12)17)16(20)11-13-6-8-14(19)9-7-13/h2-10,16H,11,20H2,1H3/t16-/m0/s1. The van der Waals surface area contributed by atoms with E-state index in [2.05, 4.69) is 65.9 Å². The van der Waals surface area contributed by atoms with Crippen LogP contribution in [0.5, 0.6) is 0 Å². The molecule has 2 aromatic carbocycles. The molecule has 0 fully saturated rings. The SMILES string of the molecule is Cc1cc([C@@H](N)Cc2ccc(I)cc2)nc2ccccc12. The Labute approximate surface area is 138 Å². The summed E-state index contributed by atoms with van der Waals surface area (Å²) in [5, 5.41) is 1.20. The maximum Gasteiger partial charge on any atom is 0.0708 e. The molecular weight excluding hydrogens is 371 g/mol. The number of hydrogen-bond acceptors (Lipinski definition) is 2. The zero-order valence-electron chi connectivity index (χ0n) is 11.9. The zero-order chi connectivity index (χ0) is 14.8. The van der Waals surface area contributed by atoms with Crippen molar-refractivity contribution in [3.63, 3.8) is 0 Å². The van der Waals surface area contributed by atoms with E-state index < -0.39 is 0 Å². The summed E-state index contributed by atoms with van der Waals surface area (Å²) < 4.78 is 1.24. The Hall–Kier alpha value is -1.46. The van der Waals surface area contributed by atoms with Gasteiger partial charge < -0.3 is 5.73 Å². The van der Waals surface area contributed by atoms with Crippen molar-refractivity contribution in [1.29, 1.82) is 0 Å². The second kappa shape index (κ2) is 6.12. The second-order valence-corrected chi connectivity index (χ2v) is 6.56. The van der Waals surface area contributed by atoms with E-state index in [0.29, 0.717) is 0 Å². The lowest BCUT2D eigenvalue weighted by atomic mass is 10.0. The third-order valence-corrected chi connectivity index (χ3v) is 4.41. The largest absolute Gasteiger partial charge is 0.322 e.